The second-order valence-electron chi connectivity index (χ2n) is 5.78. The van der Waals surface area contributed by atoms with Gasteiger partial charge in [-0.2, -0.15) is 5.10 Å². The molecule has 2 aromatic heterocycles. The van der Waals surface area contributed by atoms with Gasteiger partial charge in [-0.05, 0) is 44.7 Å². The van der Waals surface area contributed by atoms with Crippen molar-refractivity contribution in [2.24, 2.45) is 12.8 Å². The molecule has 0 spiro atoms. The van der Waals surface area contributed by atoms with E-state index in [0.29, 0.717) is 5.92 Å². The fraction of sp³-hybridized carbons (Fsp3) is 0.500. The van der Waals surface area contributed by atoms with Gasteiger partial charge in [-0.15, -0.1) is 0 Å². The normalized spacial score (nSPS) is 19.7. The first-order valence-electron chi connectivity index (χ1n) is 7.29. The molecule has 1 aliphatic carbocycles. The lowest BCUT2D eigenvalue weighted by Gasteiger charge is -2.29. The molecule has 0 saturated carbocycles. The van der Waals surface area contributed by atoms with E-state index >= 15 is 0 Å². The third kappa shape index (κ3) is 2.04. The molecule has 0 saturated heterocycles. The van der Waals surface area contributed by atoms with Crippen LogP contribution < -0.4 is 5.73 Å². The van der Waals surface area contributed by atoms with Crippen molar-refractivity contribution in [1.29, 1.82) is 0 Å². The predicted molar refractivity (Wildman–Crippen MR) is 79.5 cm³/mol. The minimum atomic E-state index is -0.0161. The Hall–Kier alpha value is -1.68. The van der Waals surface area contributed by atoms with E-state index in [1.165, 1.54) is 23.2 Å². The van der Waals surface area contributed by atoms with Crippen LogP contribution in [0.1, 0.15) is 53.0 Å². The smallest absolute Gasteiger partial charge is 0.0644 e. The van der Waals surface area contributed by atoms with Gasteiger partial charge in [-0.25, -0.2) is 0 Å². The molecule has 106 valence electrons. The molecule has 2 unspecified atom stereocenters. The van der Waals surface area contributed by atoms with Crippen molar-refractivity contribution in [3.05, 3.63) is 46.5 Å². The van der Waals surface area contributed by atoms with Crippen LogP contribution in [0.2, 0.25) is 0 Å². The highest BCUT2D eigenvalue weighted by Gasteiger charge is 2.30. The van der Waals surface area contributed by atoms with Gasteiger partial charge in [-0.3, -0.25) is 9.67 Å². The molecule has 2 atom stereocenters. The Balaban J connectivity index is 2.02. The Kier molecular flexibility index (Phi) is 3.34. The first kappa shape index (κ1) is 13.3. The molecule has 2 heterocycles. The van der Waals surface area contributed by atoms with Crippen LogP contribution in [-0.2, 0) is 13.5 Å². The highest BCUT2D eigenvalue weighted by Crippen LogP contribution is 2.39. The van der Waals surface area contributed by atoms with Crippen LogP contribution in [0, 0.1) is 13.8 Å². The van der Waals surface area contributed by atoms with Gasteiger partial charge in [0.05, 0.1) is 5.69 Å². The van der Waals surface area contributed by atoms with Gasteiger partial charge in [0.1, 0.15) is 0 Å². The number of aryl methyl sites for hydroxylation is 3. The summed E-state index contributed by atoms with van der Waals surface area (Å²) in [6.07, 6.45) is 5.30. The molecule has 4 nitrogen and oxygen atoms in total. The molecule has 0 aromatic carbocycles. The zero-order valence-corrected chi connectivity index (χ0v) is 12.4. The molecule has 2 N–H and O–H groups in total. The Morgan fingerprint density at radius 2 is 2.20 bits per heavy atom. The standard InChI is InChI=1S/C16H22N4/c1-10-14(11(2)20(3)19-10)15(17)13-8-4-6-12-7-5-9-18-16(12)13/h5,7,9,13,15H,4,6,8,17H2,1-3H3. The van der Waals surface area contributed by atoms with Crippen LogP contribution in [0.5, 0.6) is 0 Å². The fourth-order valence-electron chi connectivity index (χ4n) is 3.47. The molecular formula is C16H22N4. The second-order valence-corrected chi connectivity index (χ2v) is 5.78. The molecule has 20 heavy (non-hydrogen) atoms. The fourth-order valence-corrected chi connectivity index (χ4v) is 3.47. The summed E-state index contributed by atoms with van der Waals surface area (Å²) < 4.78 is 1.92. The average Bonchev–Trinajstić information content (AvgIpc) is 2.71. The summed E-state index contributed by atoms with van der Waals surface area (Å²) in [5.41, 5.74) is 12.6. The predicted octanol–water partition coefficient (Wildman–Crippen LogP) is 2.55. The van der Waals surface area contributed by atoms with Crippen LogP contribution in [0.25, 0.3) is 0 Å². The lowest BCUT2D eigenvalue weighted by atomic mass is 9.79. The van der Waals surface area contributed by atoms with Crippen LogP contribution in [0.15, 0.2) is 18.3 Å². The first-order chi connectivity index (χ1) is 9.59. The molecule has 0 aliphatic heterocycles. The van der Waals surface area contributed by atoms with Crippen LogP contribution >= 0.6 is 0 Å². The summed E-state index contributed by atoms with van der Waals surface area (Å²) in [6.45, 7) is 4.14. The van der Waals surface area contributed by atoms with E-state index < -0.39 is 0 Å². The van der Waals surface area contributed by atoms with E-state index in [9.17, 15) is 0 Å². The molecule has 1 aliphatic rings. The topological polar surface area (TPSA) is 56.7 Å². The maximum absolute atomic E-state index is 6.61. The van der Waals surface area contributed by atoms with E-state index in [1.54, 1.807) is 0 Å². The van der Waals surface area contributed by atoms with Crippen molar-refractivity contribution >= 4 is 0 Å². The Labute approximate surface area is 120 Å². The van der Waals surface area contributed by atoms with Crippen molar-refractivity contribution in [1.82, 2.24) is 14.8 Å². The molecule has 0 amide bonds. The molecule has 3 rings (SSSR count). The number of aromatic nitrogens is 3. The maximum atomic E-state index is 6.61. The third-order valence-corrected chi connectivity index (χ3v) is 4.57. The molecule has 0 bridgehead atoms. The lowest BCUT2D eigenvalue weighted by molar-refractivity contribution is 0.460. The number of pyridine rings is 1. The Morgan fingerprint density at radius 1 is 1.40 bits per heavy atom. The van der Waals surface area contributed by atoms with Gasteiger partial charge < -0.3 is 5.73 Å². The number of nitrogens with zero attached hydrogens (tertiary/aromatic N) is 3. The van der Waals surface area contributed by atoms with Gasteiger partial charge >= 0.3 is 0 Å². The van der Waals surface area contributed by atoms with Crippen molar-refractivity contribution in [2.45, 2.75) is 45.1 Å². The first-order valence-corrected chi connectivity index (χ1v) is 7.29. The van der Waals surface area contributed by atoms with E-state index in [1.807, 2.05) is 30.9 Å². The van der Waals surface area contributed by atoms with Crippen molar-refractivity contribution in [3.63, 3.8) is 0 Å². The second kappa shape index (κ2) is 5.02. The number of nitrogens with two attached hydrogens (primary N) is 1. The van der Waals surface area contributed by atoms with E-state index in [-0.39, 0.29) is 6.04 Å². The lowest BCUT2D eigenvalue weighted by Crippen LogP contribution is -2.25. The number of hydrogen-bond acceptors (Lipinski definition) is 3. The number of fused-ring (bicyclic) bond motifs is 1. The molecular weight excluding hydrogens is 248 g/mol. The van der Waals surface area contributed by atoms with Gasteiger partial charge in [0.2, 0.25) is 0 Å². The van der Waals surface area contributed by atoms with Crippen LogP contribution in [0.4, 0.5) is 0 Å². The minimum Gasteiger partial charge on any atom is -0.323 e. The summed E-state index contributed by atoms with van der Waals surface area (Å²) in [7, 11) is 1.98. The number of hydrogen-bond donors (Lipinski definition) is 1. The molecule has 2 aromatic rings. The number of rotatable bonds is 2. The minimum absolute atomic E-state index is 0.0161. The third-order valence-electron chi connectivity index (χ3n) is 4.57. The van der Waals surface area contributed by atoms with Crippen LogP contribution in [-0.4, -0.2) is 14.8 Å². The van der Waals surface area contributed by atoms with E-state index in [2.05, 4.69) is 23.1 Å². The van der Waals surface area contributed by atoms with Gasteiger partial charge in [0, 0.05) is 42.2 Å². The maximum Gasteiger partial charge on any atom is 0.0644 e. The zero-order valence-electron chi connectivity index (χ0n) is 12.4. The largest absolute Gasteiger partial charge is 0.323 e. The van der Waals surface area contributed by atoms with E-state index in [4.69, 9.17) is 5.73 Å². The summed E-state index contributed by atoms with van der Waals surface area (Å²) in [4.78, 5) is 4.61. The average molecular weight is 270 g/mol. The summed E-state index contributed by atoms with van der Waals surface area (Å²) in [6, 6.07) is 4.19. The van der Waals surface area contributed by atoms with Crippen LogP contribution in [0.3, 0.4) is 0 Å². The van der Waals surface area contributed by atoms with E-state index in [0.717, 1.165) is 24.2 Å². The summed E-state index contributed by atoms with van der Waals surface area (Å²) in [5.74, 6) is 0.307. The quantitative estimate of drug-likeness (QED) is 0.912. The summed E-state index contributed by atoms with van der Waals surface area (Å²) in [5, 5.41) is 4.50. The monoisotopic (exact) mass is 270 g/mol. The highest BCUT2D eigenvalue weighted by atomic mass is 15.3. The Bertz CT molecular complexity index is 629. The van der Waals surface area contributed by atoms with Gasteiger partial charge in [0.15, 0.2) is 0 Å². The Morgan fingerprint density at radius 3 is 2.90 bits per heavy atom. The van der Waals surface area contributed by atoms with Crippen molar-refractivity contribution in [2.75, 3.05) is 0 Å². The molecule has 4 heteroatoms. The SMILES string of the molecule is Cc1nn(C)c(C)c1C(N)C1CCCc2cccnc21. The molecule has 0 fully saturated rings. The zero-order chi connectivity index (χ0) is 14.3. The van der Waals surface area contributed by atoms with Crippen molar-refractivity contribution in [3.8, 4) is 0 Å². The van der Waals surface area contributed by atoms with Gasteiger partial charge in [-0.1, -0.05) is 6.07 Å². The molecule has 0 radical (unpaired) electrons. The van der Waals surface area contributed by atoms with Crippen molar-refractivity contribution < 1.29 is 0 Å². The highest BCUT2D eigenvalue weighted by molar-refractivity contribution is 5.34. The summed E-state index contributed by atoms with van der Waals surface area (Å²) >= 11 is 0. The van der Waals surface area contributed by atoms with Gasteiger partial charge in [0.25, 0.3) is 0 Å².